The summed E-state index contributed by atoms with van der Waals surface area (Å²) in [5.74, 6) is 1.35. The van der Waals surface area contributed by atoms with Crippen LogP contribution in [0.2, 0.25) is 0 Å². The van der Waals surface area contributed by atoms with Crippen LogP contribution in [0.3, 0.4) is 0 Å². The van der Waals surface area contributed by atoms with Crippen LogP contribution in [0.25, 0.3) is 0 Å². The molecule has 2 bridgehead atoms. The number of aromatic hydroxyl groups is 1. The lowest BCUT2D eigenvalue weighted by Gasteiger charge is -2.44. The van der Waals surface area contributed by atoms with E-state index < -0.39 is 0 Å². The number of hydrogen-bond donors (Lipinski definition) is 4. The Balaban J connectivity index is 1.46. The van der Waals surface area contributed by atoms with Gasteiger partial charge in [-0.2, -0.15) is 0 Å². The van der Waals surface area contributed by atoms with Crippen molar-refractivity contribution in [3.63, 3.8) is 0 Å². The van der Waals surface area contributed by atoms with Gasteiger partial charge in [-0.25, -0.2) is 0 Å². The fourth-order valence-electron chi connectivity index (χ4n) is 6.15. The minimum Gasteiger partial charge on any atom is -0.511 e. The van der Waals surface area contributed by atoms with Gasteiger partial charge in [-0.3, -0.25) is 0 Å². The number of phenolic OH excluding ortho intramolecular Hbond substituents is 1. The van der Waals surface area contributed by atoms with Gasteiger partial charge >= 0.3 is 0 Å². The smallest absolute Gasteiger partial charge is 0.165 e. The molecule has 0 amide bonds. The normalized spacial score (nSPS) is 31.8. The van der Waals surface area contributed by atoms with E-state index in [1.807, 2.05) is 12.1 Å². The van der Waals surface area contributed by atoms with Crippen molar-refractivity contribution in [2.45, 2.75) is 55.8 Å². The predicted molar refractivity (Wildman–Crippen MR) is 110 cm³/mol. The Kier molecular flexibility index (Phi) is 3.74. The first-order valence-electron chi connectivity index (χ1n) is 10.6. The molecule has 1 saturated carbocycles. The van der Waals surface area contributed by atoms with Crippen LogP contribution in [0.1, 0.15) is 36.0 Å². The van der Waals surface area contributed by atoms with E-state index in [1.54, 1.807) is 6.07 Å². The molecule has 2 aromatic carbocycles. The predicted octanol–water partition coefficient (Wildman–Crippen LogP) is 3.07. The molecule has 4 atom stereocenters. The largest absolute Gasteiger partial charge is 0.511 e. The fraction of sp³-hybridized carbons (Fsp3) is 0.417. The molecule has 5 heteroatoms. The molecule has 6 rings (SSSR count). The average molecular weight is 390 g/mol. The lowest BCUT2D eigenvalue weighted by Crippen LogP contribution is -2.56. The third kappa shape index (κ3) is 2.34. The minimum atomic E-state index is -0.363. The van der Waals surface area contributed by atoms with Crippen molar-refractivity contribution in [3.05, 3.63) is 70.5 Å². The summed E-state index contributed by atoms with van der Waals surface area (Å²) in [7, 11) is 0. The number of aliphatic hydroxyl groups excluding tert-OH is 1. The van der Waals surface area contributed by atoms with E-state index in [4.69, 9.17) is 4.74 Å². The van der Waals surface area contributed by atoms with Crippen LogP contribution in [0.4, 0.5) is 0 Å². The topological polar surface area (TPSA) is 73.8 Å². The molecule has 4 N–H and O–H groups in total. The number of phenols is 1. The molecule has 2 aliphatic carbocycles. The van der Waals surface area contributed by atoms with Crippen molar-refractivity contribution in [2.24, 2.45) is 0 Å². The van der Waals surface area contributed by atoms with Crippen LogP contribution in [-0.4, -0.2) is 34.9 Å². The van der Waals surface area contributed by atoms with Gasteiger partial charge in [0.2, 0.25) is 0 Å². The average Bonchev–Trinajstić information content (AvgIpc) is 2.96. The molecule has 0 radical (unpaired) electrons. The number of ether oxygens (including phenoxy) is 1. The van der Waals surface area contributed by atoms with Crippen molar-refractivity contribution < 1.29 is 14.9 Å². The molecule has 150 valence electrons. The Bertz CT molecular complexity index is 1000. The molecule has 2 aromatic rings. The molecule has 2 aliphatic heterocycles. The number of benzene rings is 2. The summed E-state index contributed by atoms with van der Waals surface area (Å²) in [5, 5.41) is 29.1. The van der Waals surface area contributed by atoms with E-state index in [0.29, 0.717) is 11.5 Å². The Morgan fingerprint density at radius 1 is 1.14 bits per heavy atom. The van der Waals surface area contributed by atoms with E-state index in [-0.39, 0.29) is 29.4 Å². The Labute approximate surface area is 170 Å². The fourth-order valence-corrected chi connectivity index (χ4v) is 6.15. The number of aliphatic hydroxyl groups is 1. The molecule has 2 unspecified atom stereocenters. The highest BCUT2D eigenvalue weighted by atomic mass is 16.5. The first-order chi connectivity index (χ1) is 14.2. The summed E-state index contributed by atoms with van der Waals surface area (Å²) in [6.45, 7) is 1.61. The quantitative estimate of drug-likeness (QED) is 0.648. The van der Waals surface area contributed by atoms with Gasteiger partial charge in [-0.15, -0.1) is 0 Å². The summed E-state index contributed by atoms with van der Waals surface area (Å²) < 4.78 is 6.53. The maximum atomic E-state index is 11.2. The lowest BCUT2D eigenvalue weighted by molar-refractivity contribution is 0.0863. The summed E-state index contributed by atoms with van der Waals surface area (Å²) >= 11 is 0. The number of nitrogens with one attached hydrogen (secondary N) is 2. The van der Waals surface area contributed by atoms with Gasteiger partial charge in [0, 0.05) is 18.2 Å². The zero-order valence-corrected chi connectivity index (χ0v) is 16.3. The van der Waals surface area contributed by atoms with Gasteiger partial charge in [0.1, 0.15) is 11.9 Å². The van der Waals surface area contributed by atoms with Crippen LogP contribution in [-0.2, 0) is 18.4 Å². The molecular weight excluding hydrogens is 364 g/mol. The SMILES string of the molecule is OC1=C2CC[C@H](NCc3ccccc3)C3Oc4c(O)ccc5c4C23CCN[C@@H]1C5. The third-order valence-corrected chi connectivity index (χ3v) is 7.39. The number of hydrogen-bond acceptors (Lipinski definition) is 5. The Morgan fingerprint density at radius 3 is 2.86 bits per heavy atom. The van der Waals surface area contributed by atoms with Crippen molar-refractivity contribution >= 4 is 0 Å². The second-order valence-electron chi connectivity index (χ2n) is 8.79. The maximum Gasteiger partial charge on any atom is 0.165 e. The van der Waals surface area contributed by atoms with E-state index in [9.17, 15) is 10.2 Å². The van der Waals surface area contributed by atoms with E-state index in [1.165, 1.54) is 11.1 Å². The van der Waals surface area contributed by atoms with Gasteiger partial charge in [0.25, 0.3) is 0 Å². The molecular formula is C24H26N2O3. The second kappa shape index (κ2) is 6.25. The first-order valence-corrected chi connectivity index (χ1v) is 10.6. The van der Waals surface area contributed by atoms with Crippen LogP contribution in [0.5, 0.6) is 11.5 Å². The first kappa shape index (κ1) is 17.4. The molecule has 29 heavy (non-hydrogen) atoms. The molecule has 0 aromatic heterocycles. The van der Waals surface area contributed by atoms with Gasteiger partial charge in [-0.05, 0) is 55.0 Å². The highest BCUT2D eigenvalue weighted by Gasteiger charge is 2.60. The molecule has 2 heterocycles. The second-order valence-corrected chi connectivity index (χ2v) is 8.79. The Hall–Kier alpha value is -2.50. The summed E-state index contributed by atoms with van der Waals surface area (Å²) in [4.78, 5) is 0. The van der Waals surface area contributed by atoms with Crippen molar-refractivity contribution in [2.75, 3.05) is 6.54 Å². The summed E-state index contributed by atoms with van der Waals surface area (Å²) in [6.07, 6.45) is 3.25. The van der Waals surface area contributed by atoms with Gasteiger partial charge in [0.05, 0.1) is 11.5 Å². The van der Waals surface area contributed by atoms with Crippen molar-refractivity contribution in [1.82, 2.24) is 10.6 Å². The Morgan fingerprint density at radius 2 is 2.00 bits per heavy atom. The highest BCUT2D eigenvalue weighted by molar-refractivity contribution is 5.64. The monoisotopic (exact) mass is 390 g/mol. The summed E-state index contributed by atoms with van der Waals surface area (Å²) in [6, 6.07) is 14.3. The van der Waals surface area contributed by atoms with Gasteiger partial charge in [-0.1, -0.05) is 36.4 Å². The molecule has 1 fully saturated rings. The minimum absolute atomic E-state index is 0.0434. The van der Waals surface area contributed by atoms with E-state index in [0.717, 1.165) is 49.9 Å². The lowest BCUT2D eigenvalue weighted by atomic mass is 9.61. The van der Waals surface area contributed by atoms with Crippen LogP contribution in [0.15, 0.2) is 53.8 Å². The maximum absolute atomic E-state index is 11.2. The van der Waals surface area contributed by atoms with Crippen LogP contribution < -0.4 is 15.4 Å². The highest BCUT2D eigenvalue weighted by Crippen LogP contribution is 2.60. The number of rotatable bonds is 3. The molecule has 4 aliphatic rings. The molecule has 1 spiro atoms. The van der Waals surface area contributed by atoms with E-state index in [2.05, 4.69) is 34.9 Å². The summed E-state index contributed by atoms with van der Waals surface area (Å²) in [5.41, 5.74) is 4.32. The number of fused-ring (bicyclic) bond motifs is 1. The van der Waals surface area contributed by atoms with Crippen LogP contribution >= 0.6 is 0 Å². The van der Waals surface area contributed by atoms with Crippen molar-refractivity contribution in [3.8, 4) is 11.5 Å². The molecule has 5 nitrogen and oxygen atoms in total. The zero-order chi connectivity index (χ0) is 19.6. The van der Waals surface area contributed by atoms with E-state index >= 15 is 0 Å². The van der Waals surface area contributed by atoms with Crippen molar-refractivity contribution in [1.29, 1.82) is 0 Å². The standard InChI is InChI=1S/C24H26N2O3/c27-19-9-6-15-12-18-21(28)16-7-8-17(26-13-14-4-2-1-3-5-14)23-24(16,10-11-25-18)20(15)22(19)29-23/h1-6,9,17-18,23,25-28H,7-8,10-13H2/t17-,18+,23?,24?/m0/s1. The van der Waals surface area contributed by atoms with Gasteiger partial charge < -0.3 is 25.6 Å². The van der Waals surface area contributed by atoms with Crippen LogP contribution in [0, 0.1) is 0 Å². The third-order valence-electron chi connectivity index (χ3n) is 7.39. The molecule has 0 saturated heterocycles. The van der Waals surface area contributed by atoms with Gasteiger partial charge in [0.15, 0.2) is 11.5 Å². The zero-order valence-electron chi connectivity index (χ0n) is 16.3.